The van der Waals surface area contributed by atoms with Crippen LogP contribution in [0.25, 0.3) is 11.3 Å². The number of aromatic amines is 1. The van der Waals surface area contributed by atoms with Crippen molar-refractivity contribution in [3.63, 3.8) is 0 Å². The van der Waals surface area contributed by atoms with Crippen molar-refractivity contribution in [3.8, 4) is 11.3 Å². The van der Waals surface area contributed by atoms with E-state index in [2.05, 4.69) is 4.98 Å². The number of carbonyl (C=O) groups excluding carboxylic acids is 1. The molecule has 1 aromatic carbocycles. The Hall–Kier alpha value is -2.45. The third kappa shape index (κ3) is 2.89. The minimum Gasteiger partial charge on any atom is -0.291 e. The highest BCUT2D eigenvalue weighted by molar-refractivity contribution is 7.99. The fraction of sp³-hybridized carbons (Fsp3) is 0.263. The van der Waals surface area contributed by atoms with Gasteiger partial charge in [0.15, 0.2) is 0 Å². The topological polar surface area (TPSA) is 69.9 Å². The van der Waals surface area contributed by atoms with Crippen LogP contribution in [0, 0.1) is 6.92 Å². The molecular weight excluding hydrogens is 380 g/mol. The van der Waals surface area contributed by atoms with E-state index in [4.69, 9.17) is 5.10 Å². The van der Waals surface area contributed by atoms with Gasteiger partial charge in [0, 0.05) is 12.0 Å². The normalized spacial score (nSPS) is 15.4. The number of nitrogens with one attached hydrogen (secondary N) is 1. The molecule has 2 aromatic heterocycles. The predicted molar refractivity (Wildman–Crippen MR) is 107 cm³/mol. The molecule has 0 saturated carbocycles. The first-order chi connectivity index (χ1) is 13.0. The van der Waals surface area contributed by atoms with Crippen LogP contribution in [-0.4, -0.2) is 21.7 Å². The molecule has 0 aliphatic carbocycles. The summed E-state index contributed by atoms with van der Waals surface area (Å²) in [5, 5.41) is 7.26. The smallest absolute Gasteiger partial charge is 0.291 e. The largest absolute Gasteiger partial charge is 0.325 e. The number of hydrogen-bond acceptors (Lipinski definition) is 5. The first kappa shape index (κ1) is 17.9. The molecule has 27 heavy (non-hydrogen) atoms. The van der Waals surface area contributed by atoms with Gasteiger partial charge < -0.3 is 0 Å². The minimum atomic E-state index is -0.481. The van der Waals surface area contributed by atoms with Gasteiger partial charge in [-0.1, -0.05) is 30.8 Å². The lowest BCUT2D eigenvalue weighted by Crippen LogP contribution is -2.60. The summed E-state index contributed by atoms with van der Waals surface area (Å²) in [6.07, 6.45) is -0.481. The van der Waals surface area contributed by atoms with Crippen LogP contribution in [0.3, 0.4) is 0 Å². The second kappa shape index (κ2) is 6.94. The molecule has 0 bridgehead atoms. The van der Waals surface area contributed by atoms with Gasteiger partial charge in [-0.05, 0) is 46.5 Å². The van der Waals surface area contributed by atoms with Crippen molar-refractivity contribution in [2.24, 2.45) is 0 Å². The standard InChI is InChI=1S/C19H18N4O2S2/c1-4-26-19-20-17(25)15-13-7-5-6-8-14(13)22(12(3)24)18(23(15)21-19)16-11(2)9-10-27-16/h5-10,18H,4H2,1-3H3/p+1/t18-/m0/s1. The Bertz CT molecular complexity index is 1090. The number of thiophene rings is 1. The first-order valence-corrected chi connectivity index (χ1v) is 10.5. The second-order valence-electron chi connectivity index (χ2n) is 6.23. The summed E-state index contributed by atoms with van der Waals surface area (Å²) in [6, 6.07) is 9.51. The van der Waals surface area contributed by atoms with Crippen molar-refractivity contribution < 1.29 is 9.48 Å². The number of thioether (sulfide) groups is 1. The number of hydrogen-bond donors (Lipinski definition) is 1. The number of benzene rings is 1. The molecule has 1 aliphatic rings. The lowest BCUT2D eigenvalue weighted by molar-refractivity contribution is -0.762. The number of amides is 1. The zero-order valence-electron chi connectivity index (χ0n) is 15.2. The average Bonchev–Trinajstić information content (AvgIpc) is 3.05. The first-order valence-electron chi connectivity index (χ1n) is 8.65. The lowest BCUT2D eigenvalue weighted by Gasteiger charge is -2.31. The van der Waals surface area contributed by atoms with Gasteiger partial charge in [0.05, 0.1) is 11.3 Å². The average molecular weight is 400 g/mol. The summed E-state index contributed by atoms with van der Waals surface area (Å²) >= 11 is 3.04. The number of fused-ring (bicyclic) bond motifs is 3. The molecule has 0 fully saturated rings. The van der Waals surface area contributed by atoms with E-state index in [0.29, 0.717) is 16.4 Å². The van der Waals surface area contributed by atoms with Gasteiger partial charge in [0.1, 0.15) is 4.88 Å². The van der Waals surface area contributed by atoms with Gasteiger partial charge in [-0.25, -0.2) is 4.90 Å². The molecular formula is C19H19N4O2S2+. The third-order valence-electron chi connectivity index (χ3n) is 4.51. The second-order valence-corrected chi connectivity index (χ2v) is 8.43. The number of anilines is 1. The SMILES string of the molecule is CCSc1n[n+]2c(c(=O)[nH]1)-c1ccccc1N(C(C)=O)[C@@H]2c1sccc1C. The summed E-state index contributed by atoms with van der Waals surface area (Å²) in [6.45, 7) is 5.57. The fourth-order valence-electron chi connectivity index (χ4n) is 3.40. The van der Waals surface area contributed by atoms with E-state index < -0.39 is 6.17 Å². The maximum absolute atomic E-state index is 13.0. The van der Waals surface area contributed by atoms with Crippen LogP contribution in [0.5, 0.6) is 0 Å². The van der Waals surface area contributed by atoms with Crippen molar-refractivity contribution in [2.45, 2.75) is 32.1 Å². The van der Waals surface area contributed by atoms with Gasteiger partial charge in [-0.15, -0.1) is 11.3 Å². The Morgan fingerprint density at radius 2 is 2.15 bits per heavy atom. The Labute approximate surface area is 164 Å². The number of aromatic nitrogens is 3. The monoisotopic (exact) mass is 399 g/mol. The zero-order valence-corrected chi connectivity index (χ0v) is 16.9. The van der Waals surface area contributed by atoms with Crippen molar-refractivity contribution >= 4 is 34.7 Å². The van der Waals surface area contributed by atoms with Crippen LogP contribution < -0.4 is 15.1 Å². The number of nitrogens with zero attached hydrogens (tertiary/aromatic N) is 3. The van der Waals surface area contributed by atoms with Crippen molar-refractivity contribution in [1.29, 1.82) is 0 Å². The molecule has 6 nitrogen and oxygen atoms in total. The molecule has 3 heterocycles. The van der Waals surface area contributed by atoms with E-state index in [0.717, 1.165) is 21.9 Å². The fourth-order valence-corrected chi connectivity index (χ4v) is 4.99. The summed E-state index contributed by atoms with van der Waals surface area (Å²) in [5.74, 6) is 0.697. The van der Waals surface area contributed by atoms with E-state index in [1.54, 1.807) is 27.8 Å². The van der Waals surface area contributed by atoms with Crippen molar-refractivity contribution in [2.75, 3.05) is 10.7 Å². The molecule has 1 N–H and O–H groups in total. The van der Waals surface area contributed by atoms with E-state index in [-0.39, 0.29) is 11.5 Å². The number of para-hydroxylation sites is 1. The maximum Gasteiger partial charge on any atom is 0.325 e. The molecule has 1 aliphatic heterocycles. The highest BCUT2D eigenvalue weighted by Gasteiger charge is 2.45. The molecule has 0 saturated heterocycles. The molecule has 0 spiro atoms. The van der Waals surface area contributed by atoms with Crippen LogP contribution in [-0.2, 0) is 4.79 Å². The van der Waals surface area contributed by atoms with Gasteiger partial charge >= 0.3 is 17.4 Å². The van der Waals surface area contributed by atoms with Crippen LogP contribution in [0.15, 0.2) is 45.7 Å². The Balaban J connectivity index is 2.09. The van der Waals surface area contributed by atoms with E-state index >= 15 is 0 Å². The Morgan fingerprint density at radius 1 is 1.37 bits per heavy atom. The lowest BCUT2D eigenvalue weighted by atomic mass is 10.0. The van der Waals surface area contributed by atoms with E-state index in [1.807, 2.05) is 49.6 Å². The Morgan fingerprint density at radius 3 is 2.81 bits per heavy atom. The van der Waals surface area contributed by atoms with Crippen LogP contribution in [0.1, 0.15) is 30.5 Å². The molecule has 8 heteroatoms. The Kier molecular flexibility index (Phi) is 4.61. The molecule has 0 unspecified atom stereocenters. The molecule has 3 aromatic rings. The van der Waals surface area contributed by atoms with Crippen molar-refractivity contribution in [1.82, 2.24) is 10.1 Å². The maximum atomic E-state index is 13.0. The number of aryl methyl sites for hydroxylation is 1. The van der Waals surface area contributed by atoms with Crippen LogP contribution in [0.2, 0.25) is 0 Å². The quantitative estimate of drug-likeness (QED) is 0.543. The molecule has 1 atom stereocenters. The molecule has 138 valence electrons. The summed E-state index contributed by atoms with van der Waals surface area (Å²) in [4.78, 5) is 31.3. The summed E-state index contributed by atoms with van der Waals surface area (Å²) < 4.78 is 1.71. The number of rotatable bonds is 3. The molecule has 4 rings (SSSR count). The van der Waals surface area contributed by atoms with Gasteiger partial charge in [0.2, 0.25) is 11.1 Å². The summed E-state index contributed by atoms with van der Waals surface area (Å²) in [5.41, 5.74) is 2.78. The number of H-pyrrole nitrogens is 1. The summed E-state index contributed by atoms with van der Waals surface area (Å²) in [7, 11) is 0. The zero-order chi connectivity index (χ0) is 19.1. The van der Waals surface area contributed by atoms with Crippen molar-refractivity contribution in [3.05, 3.63) is 56.5 Å². The van der Waals surface area contributed by atoms with Crippen LogP contribution >= 0.6 is 23.1 Å². The molecule has 1 amide bonds. The van der Waals surface area contributed by atoms with Gasteiger partial charge in [-0.3, -0.25) is 14.6 Å². The van der Waals surface area contributed by atoms with E-state index in [1.165, 1.54) is 11.8 Å². The predicted octanol–water partition coefficient (Wildman–Crippen LogP) is 3.12. The van der Waals surface area contributed by atoms with Gasteiger partial charge in [-0.2, -0.15) is 0 Å². The van der Waals surface area contributed by atoms with Crippen LogP contribution in [0.4, 0.5) is 5.69 Å². The highest BCUT2D eigenvalue weighted by Crippen LogP contribution is 2.39. The van der Waals surface area contributed by atoms with Gasteiger partial charge in [0.25, 0.3) is 0 Å². The third-order valence-corrected chi connectivity index (χ3v) is 6.32. The van der Waals surface area contributed by atoms with E-state index in [9.17, 15) is 9.59 Å². The molecule has 0 radical (unpaired) electrons. The highest BCUT2D eigenvalue weighted by atomic mass is 32.2. The minimum absolute atomic E-state index is 0.0924. The number of carbonyl (C=O) groups is 1.